The number of carbonyl (C=O) groups is 1. The molecule has 1 aliphatic rings. The van der Waals surface area contributed by atoms with Gasteiger partial charge >= 0.3 is 0 Å². The van der Waals surface area contributed by atoms with Crippen LogP contribution in [0, 0.1) is 0 Å². The van der Waals surface area contributed by atoms with E-state index in [0.717, 1.165) is 9.87 Å². The fourth-order valence-corrected chi connectivity index (χ4v) is 3.79. The largest absolute Gasteiger partial charge is 0.274 e. The summed E-state index contributed by atoms with van der Waals surface area (Å²) in [7, 11) is -3.59. The predicted molar refractivity (Wildman–Crippen MR) is 69.2 cm³/mol. The SMILES string of the molecule is C=C(C)CS(=O)(=O)N1C(=O)CC1c1ccccc1. The number of carbonyl (C=O) groups excluding carboxylic acids is 1. The third-order valence-electron chi connectivity index (χ3n) is 2.81. The summed E-state index contributed by atoms with van der Waals surface area (Å²) in [6, 6.07) is 8.84. The van der Waals surface area contributed by atoms with Crippen LogP contribution in [0.5, 0.6) is 0 Å². The molecule has 1 unspecified atom stereocenters. The molecule has 0 N–H and O–H groups in total. The minimum absolute atomic E-state index is 0.178. The average Bonchev–Trinajstić information content (AvgIpc) is 2.24. The standard InChI is InChI=1S/C13H15NO3S/c1-10(2)9-18(16,17)14-12(8-13(14)15)11-6-4-3-5-7-11/h3-7,12H,1,8-9H2,2H3. The molecule has 1 fully saturated rings. The lowest BCUT2D eigenvalue weighted by Crippen LogP contribution is -2.50. The Morgan fingerprint density at radius 1 is 1.39 bits per heavy atom. The highest BCUT2D eigenvalue weighted by Gasteiger charge is 2.44. The van der Waals surface area contributed by atoms with E-state index in [2.05, 4.69) is 6.58 Å². The maximum Gasteiger partial charge on any atom is 0.241 e. The summed E-state index contributed by atoms with van der Waals surface area (Å²) in [6.07, 6.45) is 0.249. The van der Waals surface area contributed by atoms with Crippen LogP contribution in [0.3, 0.4) is 0 Å². The Bertz CT molecular complexity index is 578. The molecule has 0 aromatic heterocycles. The smallest absolute Gasteiger partial charge is 0.241 e. The Hall–Kier alpha value is -1.62. The Balaban J connectivity index is 2.27. The number of rotatable bonds is 4. The van der Waals surface area contributed by atoms with E-state index < -0.39 is 10.0 Å². The van der Waals surface area contributed by atoms with E-state index in [1.165, 1.54) is 0 Å². The number of hydrogen-bond donors (Lipinski definition) is 0. The van der Waals surface area contributed by atoms with Gasteiger partial charge in [-0.15, -0.1) is 0 Å². The Labute approximate surface area is 107 Å². The molecular formula is C13H15NO3S. The van der Waals surface area contributed by atoms with Crippen molar-refractivity contribution in [1.82, 2.24) is 4.31 Å². The van der Waals surface area contributed by atoms with Crippen molar-refractivity contribution in [3.05, 3.63) is 48.0 Å². The fourth-order valence-electron chi connectivity index (χ4n) is 2.06. The van der Waals surface area contributed by atoms with Gasteiger partial charge in [0.2, 0.25) is 15.9 Å². The topological polar surface area (TPSA) is 54.5 Å². The van der Waals surface area contributed by atoms with Gasteiger partial charge < -0.3 is 0 Å². The number of benzene rings is 1. The van der Waals surface area contributed by atoms with Crippen molar-refractivity contribution < 1.29 is 13.2 Å². The second-order valence-electron chi connectivity index (χ2n) is 4.53. The second-order valence-corrected chi connectivity index (χ2v) is 6.38. The Kier molecular flexibility index (Phi) is 3.26. The molecule has 0 radical (unpaired) electrons. The molecule has 1 amide bonds. The first-order valence-corrected chi connectivity index (χ1v) is 7.27. The minimum atomic E-state index is -3.59. The quantitative estimate of drug-likeness (QED) is 0.617. The lowest BCUT2D eigenvalue weighted by molar-refractivity contribution is -0.137. The monoisotopic (exact) mass is 265 g/mol. The third-order valence-corrected chi connectivity index (χ3v) is 4.72. The second kappa shape index (κ2) is 4.57. The van der Waals surface area contributed by atoms with E-state index in [4.69, 9.17) is 0 Å². The van der Waals surface area contributed by atoms with Crippen molar-refractivity contribution in [3.8, 4) is 0 Å². The molecule has 1 aromatic rings. The van der Waals surface area contributed by atoms with Crippen LogP contribution in [0.25, 0.3) is 0 Å². The molecule has 0 saturated carbocycles. The van der Waals surface area contributed by atoms with Gasteiger partial charge in [-0.2, -0.15) is 0 Å². The first-order valence-electron chi connectivity index (χ1n) is 5.66. The van der Waals surface area contributed by atoms with Crippen LogP contribution in [0.15, 0.2) is 42.5 Å². The van der Waals surface area contributed by atoms with E-state index >= 15 is 0 Å². The summed E-state index contributed by atoms with van der Waals surface area (Å²) in [5.41, 5.74) is 1.38. The van der Waals surface area contributed by atoms with Gasteiger partial charge in [0.05, 0.1) is 18.2 Å². The van der Waals surface area contributed by atoms with Gasteiger partial charge in [0.25, 0.3) is 0 Å². The normalized spacial score (nSPS) is 19.5. The van der Waals surface area contributed by atoms with Crippen LogP contribution in [-0.4, -0.2) is 24.4 Å². The van der Waals surface area contributed by atoms with E-state index in [0.29, 0.717) is 5.57 Å². The molecule has 18 heavy (non-hydrogen) atoms. The van der Waals surface area contributed by atoms with E-state index in [-0.39, 0.29) is 24.1 Å². The van der Waals surface area contributed by atoms with E-state index in [1.807, 2.05) is 30.3 Å². The maximum atomic E-state index is 12.1. The zero-order valence-corrected chi connectivity index (χ0v) is 11.0. The van der Waals surface area contributed by atoms with Gasteiger partial charge in [-0.05, 0) is 12.5 Å². The van der Waals surface area contributed by atoms with Gasteiger partial charge in [-0.3, -0.25) is 4.79 Å². The maximum absolute atomic E-state index is 12.1. The molecule has 1 atom stereocenters. The van der Waals surface area contributed by atoms with Crippen LogP contribution in [-0.2, 0) is 14.8 Å². The van der Waals surface area contributed by atoms with Gasteiger partial charge in [0, 0.05) is 0 Å². The summed E-state index contributed by atoms with van der Waals surface area (Å²) in [4.78, 5) is 11.6. The molecule has 1 aliphatic heterocycles. The third kappa shape index (κ3) is 2.31. The number of amides is 1. The van der Waals surface area contributed by atoms with Gasteiger partial charge in [0.1, 0.15) is 0 Å². The Morgan fingerprint density at radius 3 is 2.50 bits per heavy atom. The summed E-state index contributed by atoms with van der Waals surface area (Å²) in [5.74, 6) is -0.521. The number of hydrogen-bond acceptors (Lipinski definition) is 3. The molecule has 4 nitrogen and oxygen atoms in total. The number of sulfonamides is 1. The lowest BCUT2D eigenvalue weighted by Gasteiger charge is -2.39. The van der Waals surface area contributed by atoms with Crippen LogP contribution in [0.2, 0.25) is 0 Å². The van der Waals surface area contributed by atoms with Crippen LogP contribution < -0.4 is 0 Å². The van der Waals surface area contributed by atoms with Crippen molar-refractivity contribution >= 4 is 15.9 Å². The molecule has 1 saturated heterocycles. The molecule has 5 heteroatoms. The van der Waals surface area contributed by atoms with Crippen molar-refractivity contribution in [2.24, 2.45) is 0 Å². The highest BCUT2D eigenvalue weighted by Crippen LogP contribution is 2.37. The molecule has 1 heterocycles. The fraction of sp³-hybridized carbons (Fsp3) is 0.308. The molecule has 0 aliphatic carbocycles. The minimum Gasteiger partial charge on any atom is -0.274 e. The van der Waals surface area contributed by atoms with Crippen molar-refractivity contribution in [3.63, 3.8) is 0 Å². The zero-order chi connectivity index (χ0) is 13.3. The highest BCUT2D eigenvalue weighted by molar-refractivity contribution is 7.89. The van der Waals surface area contributed by atoms with Gasteiger partial charge in [0.15, 0.2) is 0 Å². The van der Waals surface area contributed by atoms with E-state index in [9.17, 15) is 13.2 Å². The highest BCUT2D eigenvalue weighted by atomic mass is 32.2. The molecular weight excluding hydrogens is 250 g/mol. The lowest BCUT2D eigenvalue weighted by atomic mass is 9.97. The zero-order valence-electron chi connectivity index (χ0n) is 10.2. The van der Waals surface area contributed by atoms with Crippen molar-refractivity contribution in [2.75, 3.05) is 5.75 Å². The first-order chi connectivity index (χ1) is 8.42. The summed E-state index contributed by atoms with van der Waals surface area (Å²) >= 11 is 0. The number of nitrogens with zero attached hydrogens (tertiary/aromatic N) is 1. The number of β-lactam (4-membered cyclic amide) rings is 1. The van der Waals surface area contributed by atoms with E-state index in [1.54, 1.807) is 6.92 Å². The van der Waals surface area contributed by atoms with Crippen LogP contribution >= 0.6 is 0 Å². The predicted octanol–water partition coefficient (Wildman–Crippen LogP) is 1.87. The molecule has 96 valence electrons. The van der Waals surface area contributed by atoms with Crippen LogP contribution in [0.4, 0.5) is 0 Å². The summed E-state index contributed by atoms with van der Waals surface area (Å²) in [5, 5.41) is 0. The molecule has 0 spiro atoms. The molecule has 1 aromatic carbocycles. The first kappa shape index (κ1) is 12.8. The van der Waals surface area contributed by atoms with Gasteiger partial charge in [-0.1, -0.05) is 42.5 Å². The molecule has 2 rings (SSSR count). The van der Waals surface area contributed by atoms with Crippen molar-refractivity contribution in [1.29, 1.82) is 0 Å². The van der Waals surface area contributed by atoms with Crippen molar-refractivity contribution in [2.45, 2.75) is 19.4 Å². The van der Waals surface area contributed by atoms with Gasteiger partial charge in [-0.25, -0.2) is 12.7 Å². The molecule has 0 bridgehead atoms. The summed E-state index contributed by atoms with van der Waals surface area (Å²) < 4.78 is 25.1. The Morgan fingerprint density at radius 2 is 2.00 bits per heavy atom. The average molecular weight is 265 g/mol. The van der Waals surface area contributed by atoms with Crippen LogP contribution in [0.1, 0.15) is 24.9 Å². The summed E-state index contributed by atoms with van der Waals surface area (Å²) in [6.45, 7) is 5.23.